The third kappa shape index (κ3) is 5.27. The predicted octanol–water partition coefficient (Wildman–Crippen LogP) is 12.1. The standard InChI is InChI=1S/C50H32N6/c1-2-22-54-46(14-1)38-10-4-8-34(26-38)37-16-18-48-45(28-37)43-20-24-53-32-50(43)56(48)41-13-5-12-40(29-41)55-47-17-15-36(27-44(47)42-19-23-52-31-49(42)55)33-7-3-9-35(25-33)39-11-6-21-51-30-39/h1-32H. The van der Waals surface area contributed by atoms with Gasteiger partial charge in [-0.25, -0.2) is 0 Å². The van der Waals surface area contributed by atoms with Crippen LogP contribution in [-0.4, -0.2) is 29.1 Å². The number of aromatic nitrogens is 6. The molecule has 0 bridgehead atoms. The van der Waals surface area contributed by atoms with Gasteiger partial charge in [-0.15, -0.1) is 0 Å². The average Bonchev–Trinajstić information content (AvgIpc) is 3.79. The van der Waals surface area contributed by atoms with Crippen molar-refractivity contribution in [2.24, 2.45) is 0 Å². The Labute approximate surface area is 322 Å². The molecule has 6 heteroatoms. The fraction of sp³-hybridized carbons (Fsp3) is 0. The van der Waals surface area contributed by atoms with Crippen molar-refractivity contribution in [3.63, 3.8) is 0 Å². The van der Waals surface area contributed by atoms with Gasteiger partial charge in [-0.3, -0.25) is 19.9 Å². The minimum absolute atomic E-state index is 0.962. The third-order valence-corrected chi connectivity index (χ3v) is 10.8. The van der Waals surface area contributed by atoms with Crippen molar-refractivity contribution in [1.29, 1.82) is 0 Å². The van der Waals surface area contributed by atoms with E-state index in [9.17, 15) is 0 Å². The molecule has 11 aromatic rings. The smallest absolute Gasteiger partial charge is 0.0724 e. The third-order valence-electron chi connectivity index (χ3n) is 10.8. The van der Waals surface area contributed by atoms with Gasteiger partial charge >= 0.3 is 0 Å². The molecule has 0 N–H and O–H groups in total. The molecule has 0 saturated carbocycles. The molecule has 6 heterocycles. The lowest BCUT2D eigenvalue weighted by Gasteiger charge is -2.13. The van der Waals surface area contributed by atoms with Crippen molar-refractivity contribution in [2.45, 2.75) is 0 Å². The number of benzene rings is 5. The highest BCUT2D eigenvalue weighted by Gasteiger charge is 2.17. The van der Waals surface area contributed by atoms with Gasteiger partial charge in [-0.05, 0) is 113 Å². The molecule has 0 aliphatic rings. The summed E-state index contributed by atoms with van der Waals surface area (Å²) in [5.74, 6) is 0. The Bertz CT molecular complexity index is 3040. The molecule has 0 fully saturated rings. The predicted molar refractivity (Wildman–Crippen MR) is 228 cm³/mol. The van der Waals surface area contributed by atoms with Gasteiger partial charge < -0.3 is 9.13 Å². The number of fused-ring (bicyclic) bond motifs is 6. The van der Waals surface area contributed by atoms with Crippen LogP contribution in [0.5, 0.6) is 0 Å². The van der Waals surface area contributed by atoms with Crippen LogP contribution in [0.1, 0.15) is 0 Å². The maximum Gasteiger partial charge on any atom is 0.0724 e. The SMILES string of the molecule is c1ccc(-c2cccc(-c3ccc4c(c3)c3ccncc3n4-c3cccc(-n4c5ccc(-c6cccc(-c7cccnc7)c6)cc5c5ccncc54)c3)c2)nc1. The van der Waals surface area contributed by atoms with E-state index in [2.05, 4.69) is 163 Å². The van der Waals surface area contributed by atoms with Crippen LogP contribution in [0.2, 0.25) is 0 Å². The molecule has 6 nitrogen and oxygen atoms in total. The summed E-state index contributed by atoms with van der Waals surface area (Å²) in [6.07, 6.45) is 13.3. The van der Waals surface area contributed by atoms with E-state index in [4.69, 9.17) is 0 Å². The highest BCUT2D eigenvalue weighted by Crippen LogP contribution is 2.38. The lowest BCUT2D eigenvalue weighted by molar-refractivity contribution is 1.12. The van der Waals surface area contributed by atoms with Crippen molar-refractivity contribution in [2.75, 3.05) is 0 Å². The molecule has 56 heavy (non-hydrogen) atoms. The normalized spacial score (nSPS) is 11.6. The largest absolute Gasteiger partial charge is 0.308 e. The van der Waals surface area contributed by atoms with Crippen molar-refractivity contribution in [3.05, 3.63) is 195 Å². The van der Waals surface area contributed by atoms with E-state index in [1.807, 2.05) is 61.6 Å². The Balaban J connectivity index is 1.03. The van der Waals surface area contributed by atoms with E-state index >= 15 is 0 Å². The molecule has 6 aromatic heterocycles. The molecule has 0 aliphatic carbocycles. The molecule has 0 amide bonds. The second-order valence-corrected chi connectivity index (χ2v) is 14.1. The van der Waals surface area contributed by atoms with E-state index in [1.165, 1.54) is 10.8 Å². The molecule has 5 aromatic carbocycles. The first kappa shape index (κ1) is 31.8. The van der Waals surface area contributed by atoms with Crippen molar-refractivity contribution in [1.82, 2.24) is 29.1 Å². The van der Waals surface area contributed by atoms with Gasteiger partial charge in [-0.1, -0.05) is 66.7 Å². The van der Waals surface area contributed by atoms with Crippen molar-refractivity contribution in [3.8, 4) is 56.0 Å². The summed E-state index contributed by atoms with van der Waals surface area (Å²) in [4.78, 5) is 18.1. The highest BCUT2D eigenvalue weighted by atomic mass is 15.0. The van der Waals surface area contributed by atoms with Crippen LogP contribution < -0.4 is 0 Å². The highest BCUT2D eigenvalue weighted by molar-refractivity contribution is 6.11. The van der Waals surface area contributed by atoms with Crippen LogP contribution >= 0.6 is 0 Å². The maximum atomic E-state index is 4.59. The summed E-state index contributed by atoms with van der Waals surface area (Å²) in [7, 11) is 0. The van der Waals surface area contributed by atoms with Crippen LogP contribution in [0, 0.1) is 0 Å². The van der Waals surface area contributed by atoms with Crippen LogP contribution in [0.15, 0.2) is 195 Å². The average molecular weight is 717 g/mol. The van der Waals surface area contributed by atoms with Crippen LogP contribution in [0.25, 0.3) is 99.6 Å². The fourth-order valence-electron chi connectivity index (χ4n) is 8.23. The summed E-state index contributed by atoms with van der Waals surface area (Å²) in [5, 5.41) is 4.67. The van der Waals surface area contributed by atoms with Crippen LogP contribution in [-0.2, 0) is 0 Å². The summed E-state index contributed by atoms with van der Waals surface area (Å²) >= 11 is 0. The van der Waals surface area contributed by atoms with Crippen LogP contribution in [0.4, 0.5) is 0 Å². The Kier molecular flexibility index (Phi) is 7.38. The lowest BCUT2D eigenvalue weighted by atomic mass is 9.99. The van der Waals surface area contributed by atoms with E-state index < -0.39 is 0 Å². The molecule has 0 spiro atoms. The minimum atomic E-state index is 0.962. The zero-order valence-electron chi connectivity index (χ0n) is 30.2. The number of rotatable bonds is 6. The monoisotopic (exact) mass is 716 g/mol. The number of hydrogen-bond donors (Lipinski definition) is 0. The Hall–Kier alpha value is -7.70. The van der Waals surface area contributed by atoms with E-state index in [0.717, 1.165) is 88.9 Å². The molecule has 11 rings (SSSR count). The molecule has 0 unspecified atom stereocenters. The molecule has 0 radical (unpaired) electrons. The summed E-state index contributed by atoms with van der Waals surface area (Å²) in [6, 6.07) is 53.9. The van der Waals surface area contributed by atoms with E-state index in [0.29, 0.717) is 0 Å². The molecular weight excluding hydrogens is 685 g/mol. The molecular formula is C50H32N6. The van der Waals surface area contributed by atoms with Gasteiger partial charge in [0.25, 0.3) is 0 Å². The van der Waals surface area contributed by atoms with Gasteiger partial charge in [0.05, 0.1) is 40.2 Å². The van der Waals surface area contributed by atoms with Gasteiger partial charge in [0.2, 0.25) is 0 Å². The van der Waals surface area contributed by atoms with Gasteiger partial charge in [0.1, 0.15) is 0 Å². The Morgan fingerprint density at radius 1 is 0.304 bits per heavy atom. The first-order chi connectivity index (χ1) is 27.8. The van der Waals surface area contributed by atoms with Crippen molar-refractivity contribution >= 4 is 43.6 Å². The second-order valence-electron chi connectivity index (χ2n) is 14.1. The minimum Gasteiger partial charge on any atom is -0.308 e. The first-order valence-corrected chi connectivity index (χ1v) is 18.7. The topological polar surface area (TPSA) is 61.4 Å². The Morgan fingerprint density at radius 2 is 0.839 bits per heavy atom. The van der Waals surface area contributed by atoms with Crippen LogP contribution in [0.3, 0.4) is 0 Å². The molecule has 0 aliphatic heterocycles. The number of nitrogens with zero attached hydrogens (tertiary/aromatic N) is 6. The quantitative estimate of drug-likeness (QED) is 0.172. The van der Waals surface area contributed by atoms with E-state index in [1.54, 1.807) is 0 Å². The van der Waals surface area contributed by atoms with Gasteiger partial charge in [0.15, 0.2) is 0 Å². The fourth-order valence-corrected chi connectivity index (χ4v) is 8.23. The maximum absolute atomic E-state index is 4.59. The summed E-state index contributed by atoms with van der Waals surface area (Å²) in [5.41, 5.74) is 15.4. The zero-order chi connectivity index (χ0) is 37.0. The lowest BCUT2D eigenvalue weighted by Crippen LogP contribution is -1.99. The second kappa shape index (κ2) is 13.0. The summed E-state index contributed by atoms with van der Waals surface area (Å²) in [6.45, 7) is 0. The zero-order valence-corrected chi connectivity index (χ0v) is 30.2. The van der Waals surface area contributed by atoms with Gasteiger partial charge in [-0.2, -0.15) is 0 Å². The first-order valence-electron chi connectivity index (χ1n) is 18.7. The molecule has 0 saturated heterocycles. The molecule has 0 atom stereocenters. The number of pyridine rings is 4. The molecule has 262 valence electrons. The number of hydrogen-bond acceptors (Lipinski definition) is 4. The van der Waals surface area contributed by atoms with E-state index in [-0.39, 0.29) is 0 Å². The summed E-state index contributed by atoms with van der Waals surface area (Å²) < 4.78 is 4.66. The van der Waals surface area contributed by atoms with Gasteiger partial charge in [0, 0.05) is 75.0 Å². The van der Waals surface area contributed by atoms with Crippen molar-refractivity contribution < 1.29 is 0 Å². The Morgan fingerprint density at radius 3 is 1.43 bits per heavy atom.